The van der Waals surface area contributed by atoms with Crippen molar-refractivity contribution in [3.05, 3.63) is 149 Å². The van der Waals surface area contributed by atoms with Gasteiger partial charge in [-0.15, -0.1) is 0 Å². The second-order valence-corrected chi connectivity index (χ2v) is 15.4. The summed E-state index contributed by atoms with van der Waals surface area (Å²) >= 11 is 0. The van der Waals surface area contributed by atoms with Crippen molar-refractivity contribution < 1.29 is 28.4 Å². The Labute approximate surface area is 320 Å². The Bertz CT molecular complexity index is 1770. The molecule has 2 aliphatic rings. The van der Waals surface area contributed by atoms with Crippen molar-refractivity contribution in [2.24, 2.45) is 0 Å². The van der Waals surface area contributed by atoms with Gasteiger partial charge >= 0.3 is 0 Å². The molecule has 0 saturated carbocycles. The third-order valence-corrected chi connectivity index (χ3v) is 10.8. The van der Waals surface area contributed by atoms with Gasteiger partial charge in [0.2, 0.25) is 0 Å². The van der Waals surface area contributed by atoms with Gasteiger partial charge in [0, 0.05) is 23.7 Å². The third-order valence-electron chi connectivity index (χ3n) is 10.8. The van der Waals surface area contributed by atoms with Crippen molar-refractivity contribution in [2.45, 2.75) is 103 Å². The summed E-state index contributed by atoms with van der Waals surface area (Å²) in [5.74, 6) is 3.29. The van der Waals surface area contributed by atoms with E-state index in [9.17, 15) is 0 Å². The fourth-order valence-corrected chi connectivity index (χ4v) is 7.09. The van der Waals surface area contributed by atoms with Crippen molar-refractivity contribution in [3.8, 4) is 23.0 Å². The van der Waals surface area contributed by atoms with Gasteiger partial charge in [-0.2, -0.15) is 0 Å². The lowest BCUT2D eigenvalue weighted by Crippen LogP contribution is -2.25. The van der Waals surface area contributed by atoms with Crippen molar-refractivity contribution in [1.82, 2.24) is 4.98 Å². The summed E-state index contributed by atoms with van der Waals surface area (Å²) in [5.41, 5.74) is 6.18. The number of pyridine rings is 1. The van der Waals surface area contributed by atoms with Crippen LogP contribution in [0.4, 0.5) is 0 Å². The van der Waals surface area contributed by atoms with Crippen LogP contribution in [-0.2, 0) is 33.5 Å². The van der Waals surface area contributed by atoms with E-state index < -0.39 is 0 Å². The molecule has 1 aromatic heterocycles. The van der Waals surface area contributed by atoms with Crippen LogP contribution >= 0.6 is 0 Å². The lowest BCUT2D eigenvalue weighted by molar-refractivity contribution is -0.106. The van der Waals surface area contributed by atoms with E-state index >= 15 is 0 Å². The van der Waals surface area contributed by atoms with Gasteiger partial charge in [-0.25, -0.2) is 0 Å². The molecule has 7 nitrogen and oxygen atoms in total. The molecule has 3 heterocycles. The van der Waals surface area contributed by atoms with Crippen LogP contribution < -0.4 is 18.9 Å². The first-order valence-electron chi connectivity index (χ1n) is 19.4. The Hall–Kier alpha value is -4.85. The normalized spacial score (nSPS) is 17.8. The largest absolute Gasteiger partial charge is 0.487 e. The summed E-state index contributed by atoms with van der Waals surface area (Å²) in [6.45, 7) is 11.2. The summed E-state index contributed by atoms with van der Waals surface area (Å²) in [4.78, 5) is 4.80. The van der Waals surface area contributed by atoms with Crippen LogP contribution in [0.15, 0.2) is 115 Å². The Balaban J connectivity index is 0.888. The van der Waals surface area contributed by atoms with E-state index in [4.69, 9.17) is 33.4 Å². The van der Waals surface area contributed by atoms with Crippen molar-refractivity contribution in [2.75, 3.05) is 13.2 Å². The average Bonchev–Trinajstić information content (AvgIpc) is 3.21. The fourth-order valence-electron chi connectivity index (χ4n) is 7.09. The maximum Gasteiger partial charge on any atom is 0.199 e. The van der Waals surface area contributed by atoms with Gasteiger partial charge in [0.1, 0.15) is 36.2 Å². The first-order valence-corrected chi connectivity index (χ1v) is 19.4. The Morgan fingerprint density at radius 2 is 0.833 bits per heavy atom. The first-order chi connectivity index (χ1) is 26.2. The molecule has 2 unspecified atom stereocenters. The smallest absolute Gasteiger partial charge is 0.199 e. The zero-order valence-corrected chi connectivity index (χ0v) is 32.1. The van der Waals surface area contributed by atoms with E-state index in [1.54, 1.807) is 0 Å². The minimum atomic E-state index is -0.183. The van der Waals surface area contributed by atoms with Gasteiger partial charge in [0.25, 0.3) is 0 Å². The lowest BCUT2D eigenvalue weighted by Gasteiger charge is -2.27. The highest BCUT2D eigenvalue weighted by molar-refractivity contribution is 5.43. The maximum atomic E-state index is 6.15. The summed E-state index contributed by atoms with van der Waals surface area (Å²) in [6.07, 6.45) is 6.11. The molecular formula is C47H53NO6. The monoisotopic (exact) mass is 727 g/mol. The summed E-state index contributed by atoms with van der Waals surface area (Å²) < 4.78 is 35.8. The Morgan fingerprint density at radius 3 is 1.17 bits per heavy atom. The Kier molecular flexibility index (Phi) is 11.9. The third kappa shape index (κ3) is 9.44. The van der Waals surface area contributed by atoms with Crippen LogP contribution in [0.1, 0.15) is 99.9 Å². The number of rotatable bonds is 14. The van der Waals surface area contributed by atoms with Gasteiger partial charge in [-0.3, -0.25) is 4.98 Å². The summed E-state index contributed by atoms with van der Waals surface area (Å²) in [5, 5.41) is 0. The predicted octanol–water partition coefficient (Wildman–Crippen LogP) is 10.7. The second kappa shape index (κ2) is 17.1. The SMILES string of the molecule is CC(C)(c1ccc(OCc2cccc(COc3ccc(C(C)(C)c4ccc(OC5CCCCO5)cc4)cc3)n2)cc1)c1ccc(OC2CCCCO2)cc1. The highest BCUT2D eigenvalue weighted by Crippen LogP contribution is 2.35. The molecule has 282 valence electrons. The summed E-state index contributed by atoms with van der Waals surface area (Å²) in [7, 11) is 0. The summed E-state index contributed by atoms with van der Waals surface area (Å²) in [6, 6.07) is 39.4. The van der Waals surface area contributed by atoms with Crippen LogP contribution in [0, 0.1) is 0 Å². The lowest BCUT2D eigenvalue weighted by atomic mass is 9.78. The van der Waals surface area contributed by atoms with Crippen LogP contribution in [0.2, 0.25) is 0 Å². The standard InChI is InChI=1S/C47H53NO6/c1-46(2,36-18-26-42(27-19-36)53-44-12-5-7-30-49-44)34-14-22-40(23-15-34)51-32-38-10-9-11-39(48-38)33-52-41-24-16-35(17-25-41)47(3,4)37-20-28-43(29-21-37)54-45-13-6-8-31-50-45/h9-11,14-29,44-45H,5-8,12-13,30-33H2,1-4H3. The Morgan fingerprint density at radius 1 is 0.481 bits per heavy atom. The minimum Gasteiger partial charge on any atom is -0.487 e. The molecular weight excluding hydrogens is 675 g/mol. The predicted molar refractivity (Wildman–Crippen MR) is 211 cm³/mol. The molecule has 0 N–H and O–H groups in total. The molecule has 0 radical (unpaired) electrons. The van der Waals surface area contributed by atoms with Crippen LogP contribution in [-0.4, -0.2) is 30.8 Å². The van der Waals surface area contributed by atoms with Gasteiger partial charge in [-0.05, 0) is 109 Å². The van der Waals surface area contributed by atoms with Crippen LogP contribution in [0.25, 0.3) is 0 Å². The van der Waals surface area contributed by atoms with Crippen LogP contribution in [0.5, 0.6) is 23.0 Å². The molecule has 7 rings (SSSR count). The molecule has 2 aliphatic heterocycles. The fraction of sp³-hybridized carbons (Fsp3) is 0.383. The van der Waals surface area contributed by atoms with E-state index in [-0.39, 0.29) is 23.4 Å². The van der Waals surface area contributed by atoms with E-state index in [1.165, 1.54) is 22.3 Å². The molecule has 2 fully saturated rings. The number of ether oxygens (including phenoxy) is 6. The van der Waals surface area contributed by atoms with Crippen LogP contribution in [0.3, 0.4) is 0 Å². The topological polar surface area (TPSA) is 68.3 Å². The number of hydrogen-bond acceptors (Lipinski definition) is 7. The molecule has 0 amide bonds. The second-order valence-electron chi connectivity index (χ2n) is 15.4. The number of nitrogens with zero attached hydrogens (tertiary/aromatic N) is 1. The zero-order valence-electron chi connectivity index (χ0n) is 32.1. The molecule has 54 heavy (non-hydrogen) atoms. The number of aromatic nitrogens is 1. The van der Waals surface area contributed by atoms with Gasteiger partial charge in [0.15, 0.2) is 12.6 Å². The first kappa shape index (κ1) is 37.5. The van der Waals surface area contributed by atoms with E-state index in [1.807, 2.05) is 66.7 Å². The molecule has 0 spiro atoms. The highest BCUT2D eigenvalue weighted by atomic mass is 16.7. The molecule has 7 heteroatoms. The zero-order chi connectivity index (χ0) is 37.4. The average molecular weight is 728 g/mol. The van der Waals surface area contributed by atoms with E-state index in [2.05, 4.69) is 76.2 Å². The maximum absolute atomic E-state index is 6.15. The van der Waals surface area contributed by atoms with E-state index in [0.29, 0.717) is 13.2 Å². The van der Waals surface area contributed by atoms with Crippen molar-refractivity contribution in [3.63, 3.8) is 0 Å². The molecule has 0 aliphatic carbocycles. The van der Waals surface area contributed by atoms with Crippen molar-refractivity contribution in [1.29, 1.82) is 0 Å². The van der Waals surface area contributed by atoms with Gasteiger partial charge in [-0.1, -0.05) is 82.3 Å². The molecule has 5 aromatic rings. The van der Waals surface area contributed by atoms with Gasteiger partial charge in [0.05, 0.1) is 24.6 Å². The van der Waals surface area contributed by atoms with Gasteiger partial charge < -0.3 is 28.4 Å². The molecule has 0 bridgehead atoms. The molecule has 4 aromatic carbocycles. The highest BCUT2D eigenvalue weighted by Gasteiger charge is 2.25. The molecule has 2 saturated heterocycles. The quantitative estimate of drug-likeness (QED) is 0.113. The van der Waals surface area contributed by atoms with E-state index in [0.717, 1.165) is 86.1 Å². The minimum absolute atomic E-state index is 0.142. The number of benzene rings is 4. The van der Waals surface area contributed by atoms with Crippen molar-refractivity contribution >= 4 is 0 Å². The number of hydrogen-bond donors (Lipinski definition) is 0. The molecule has 2 atom stereocenters.